The van der Waals surface area contributed by atoms with Gasteiger partial charge in [0.1, 0.15) is 5.82 Å². The van der Waals surface area contributed by atoms with Crippen LogP contribution >= 0.6 is 0 Å². The number of amides is 2. The molecule has 6 heteroatoms. The van der Waals surface area contributed by atoms with Crippen LogP contribution in [0.2, 0.25) is 0 Å². The second kappa shape index (κ2) is 9.47. The molecule has 3 aromatic carbocycles. The first kappa shape index (κ1) is 22.9. The van der Waals surface area contributed by atoms with E-state index in [4.69, 9.17) is 5.10 Å². The number of para-hydroxylation sites is 1. The Hall–Kier alpha value is -4.58. The highest BCUT2D eigenvalue weighted by Gasteiger charge is 2.35. The van der Waals surface area contributed by atoms with Crippen LogP contribution in [0, 0.1) is 13.8 Å². The average Bonchev–Trinajstić information content (AvgIpc) is 3.49. The van der Waals surface area contributed by atoms with Crippen LogP contribution in [-0.4, -0.2) is 25.3 Å². The summed E-state index contributed by atoms with van der Waals surface area (Å²) >= 11 is 0. The fraction of sp³-hybridized carbons (Fsp3) is 0.161. The van der Waals surface area contributed by atoms with Crippen molar-refractivity contribution in [2.75, 3.05) is 0 Å². The van der Waals surface area contributed by atoms with E-state index in [0.29, 0.717) is 13.1 Å². The number of nitrogens with one attached hydrogen (secondary N) is 1. The summed E-state index contributed by atoms with van der Waals surface area (Å²) < 4.78 is 4.18. The van der Waals surface area contributed by atoms with Crippen LogP contribution in [0.1, 0.15) is 39.7 Å². The second-order valence-corrected chi connectivity index (χ2v) is 9.52. The normalized spacial score (nSPS) is 14.5. The third-order valence-electron chi connectivity index (χ3n) is 7.03. The maximum atomic E-state index is 13.9. The smallest absolute Gasteiger partial charge is 0.318 e. The highest BCUT2D eigenvalue weighted by Crippen LogP contribution is 2.38. The van der Waals surface area contributed by atoms with Gasteiger partial charge >= 0.3 is 6.03 Å². The van der Waals surface area contributed by atoms with E-state index >= 15 is 0 Å². The number of aromatic nitrogens is 3. The number of carbonyl (C=O) groups is 1. The number of benzene rings is 3. The van der Waals surface area contributed by atoms with E-state index in [0.717, 1.165) is 39.6 Å². The van der Waals surface area contributed by atoms with Crippen LogP contribution in [-0.2, 0) is 13.1 Å². The number of nitrogens with zero attached hydrogens (tertiary/aromatic N) is 4. The summed E-state index contributed by atoms with van der Waals surface area (Å²) in [5.74, 6) is 0.971. The topological polar surface area (TPSA) is 55.1 Å². The largest absolute Gasteiger partial charge is 0.334 e. The molecule has 3 heterocycles. The van der Waals surface area contributed by atoms with Crippen molar-refractivity contribution >= 4 is 6.03 Å². The van der Waals surface area contributed by atoms with Crippen LogP contribution in [0.3, 0.4) is 0 Å². The van der Waals surface area contributed by atoms with E-state index in [-0.39, 0.29) is 12.1 Å². The van der Waals surface area contributed by atoms with E-state index in [1.54, 1.807) is 0 Å². The predicted molar refractivity (Wildman–Crippen MR) is 145 cm³/mol. The Balaban J connectivity index is 1.49. The van der Waals surface area contributed by atoms with Gasteiger partial charge in [-0.25, -0.2) is 9.48 Å². The van der Waals surface area contributed by atoms with E-state index in [1.807, 2.05) is 71.1 Å². The molecule has 5 aromatic rings. The summed E-state index contributed by atoms with van der Waals surface area (Å²) in [6.45, 7) is 5.01. The lowest BCUT2D eigenvalue weighted by molar-refractivity contribution is 0.180. The Morgan fingerprint density at radius 2 is 1.59 bits per heavy atom. The minimum absolute atomic E-state index is 0.109. The maximum absolute atomic E-state index is 13.9. The van der Waals surface area contributed by atoms with Crippen LogP contribution in [0.15, 0.2) is 103 Å². The summed E-state index contributed by atoms with van der Waals surface area (Å²) in [4.78, 5) is 15.8. The summed E-state index contributed by atoms with van der Waals surface area (Å²) in [5, 5.41) is 8.09. The van der Waals surface area contributed by atoms with Gasteiger partial charge in [0.05, 0.1) is 29.7 Å². The molecule has 2 aromatic heterocycles. The molecule has 1 aliphatic heterocycles. The Labute approximate surface area is 216 Å². The van der Waals surface area contributed by atoms with Crippen molar-refractivity contribution in [3.8, 4) is 11.5 Å². The Morgan fingerprint density at radius 1 is 0.892 bits per heavy atom. The first-order valence-corrected chi connectivity index (χ1v) is 12.6. The molecular weight excluding hydrogens is 458 g/mol. The molecule has 184 valence electrons. The molecule has 0 saturated heterocycles. The lowest BCUT2D eigenvalue weighted by Crippen LogP contribution is -2.41. The average molecular weight is 488 g/mol. The first-order valence-electron chi connectivity index (χ1n) is 12.6. The zero-order valence-corrected chi connectivity index (χ0v) is 21.0. The third-order valence-corrected chi connectivity index (χ3v) is 7.03. The van der Waals surface area contributed by atoms with Crippen molar-refractivity contribution in [3.05, 3.63) is 137 Å². The number of carbonyl (C=O) groups excluding carboxylic acids is 1. The van der Waals surface area contributed by atoms with E-state index in [2.05, 4.69) is 65.5 Å². The highest BCUT2D eigenvalue weighted by atomic mass is 16.2. The number of urea groups is 1. The molecule has 0 radical (unpaired) electrons. The summed E-state index contributed by atoms with van der Waals surface area (Å²) in [6.07, 6.45) is 2.07. The van der Waals surface area contributed by atoms with Gasteiger partial charge in [0, 0.05) is 18.3 Å². The zero-order valence-electron chi connectivity index (χ0n) is 21.0. The van der Waals surface area contributed by atoms with Crippen molar-refractivity contribution in [1.29, 1.82) is 0 Å². The van der Waals surface area contributed by atoms with E-state index < -0.39 is 0 Å². The van der Waals surface area contributed by atoms with Gasteiger partial charge in [0.15, 0.2) is 0 Å². The molecule has 1 unspecified atom stereocenters. The minimum Gasteiger partial charge on any atom is -0.334 e. The predicted octanol–water partition coefficient (Wildman–Crippen LogP) is 6.09. The molecule has 0 bridgehead atoms. The molecule has 1 atom stereocenters. The SMILES string of the molecule is Cc1ccc(C2c3cccn3-c3c(c(C)nn3-c3ccccc3)CN2C(=O)NCc2ccccc2)cc1. The quantitative estimate of drug-likeness (QED) is 0.333. The maximum Gasteiger partial charge on any atom is 0.318 e. The van der Waals surface area contributed by atoms with Gasteiger partial charge in [-0.2, -0.15) is 5.10 Å². The molecule has 0 fully saturated rings. The molecule has 37 heavy (non-hydrogen) atoms. The summed E-state index contributed by atoms with van der Waals surface area (Å²) in [5.41, 5.74) is 7.27. The van der Waals surface area contributed by atoms with Crippen LogP contribution in [0.4, 0.5) is 4.79 Å². The Kier molecular flexibility index (Phi) is 5.85. The lowest BCUT2D eigenvalue weighted by atomic mass is 10.0. The fourth-order valence-electron chi connectivity index (χ4n) is 5.12. The highest BCUT2D eigenvalue weighted by molar-refractivity contribution is 5.76. The van der Waals surface area contributed by atoms with Gasteiger partial charge in [0.25, 0.3) is 0 Å². The van der Waals surface area contributed by atoms with Gasteiger partial charge in [-0.05, 0) is 49.2 Å². The number of hydrogen-bond acceptors (Lipinski definition) is 2. The summed E-state index contributed by atoms with van der Waals surface area (Å²) in [6, 6.07) is 32.4. The van der Waals surface area contributed by atoms with Crippen molar-refractivity contribution in [2.45, 2.75) is 33.0 Å². The van der Waals surface area contributed by atoms with Crippen LogP contribution in [0.25, 0.3) is 11.5 Å². The number of rotatable bonds is 4. The number of hydrogen-bond donors (Lipinski definition) is 1. The molecule has 2 amide bonds. The second-order valence-electron chi connectivity index (χ2n) is 9.52. The van der Waals surface area contributed by atoms with Crippen LogP contribution < -0.4 is 5.32 Å². The molecule has 6 nitrogen and oxygen atoms in total. The molecule has 1 aliphatic rings. The van der Waals surface area contributed by atoms with E-state index in [9.17, 15) is 4.79 Å². The third kappa shape index (κ3) is 4.20. The van der Waals surface area contributed by atoms with Crippen molar-refractivity contribution in [3.63, 3.8) is 0 Å². The molecule has 6 rings (SSSR count). The van der Waals surface area contributed by atoms with Gasteiger partial charge in [-0.1, -0.05) is 78.4 Å². The van der Waals surface area contributed by atoms with Gasteiger partial charge in [-0.3, -0.25) is 0 Å². The monoisotopic (exact) mass is 487 g/mol. The Bertz CT molecular complexity index is 1530. The van der Waals surface area contributed by atoms with Gasteiger partial charge in [-0.15, -0.1) is 0 Å². The van der Waals surface area contributed by atoms with Gasteiger partial charge < -0.3 is 14.8 Å². The fourth-order valence-corrected chi connectivity index (χ4v) is 5.12. The number of fused-ring (bicyclic) bond motifs is 3. The molecule has 0 saturated carbocycles. The molecular formula is C31H29N5O. The lowest BCUT2D eigenvalue weighted by Gasteiger charge is -2.31. The standard InChI is InChI=1S/C31H29N5O/c1-22-15-17-25(18-16-22)29-28-14-9-19-34(28)30-27(23(2)33-36(30)26-12-7-4-8-13-26)21-35(29)31(37)32-20-24-10-5-3-6-11-24/h3-19,29H,20-21H2,1-2H3,(H,32,37). The van der Waals surface area contributed by atoms with E-state index in [1.165, 1.54) is 5.56 Å². The van der Waals surface area contributed by atoms with Crippen LogP contribution in [0.5, 0.6) is 0 Å². The Morgan fingerprint density at radius 3 is 2.32 bits per heavy atom. The minimum atomic E-state index is -0.262. The molecule has 0 spiro atoms. The zero-order chi connectivity index (χ0) is 25.4. The summed E-state index contributed by atoms with van der Waals surface area (Å²) in [7, 11) is 0. The van der Waals surface area contributed by atoms with Crippen molar-refractivity contribution in [1.82, 2.24) is 24.6 Å². The van der Waals surface area contributed by atoms with Gasteiger partial charge in [0.2, 0.25) is 0 Å². The first-order chi connectivity index (χ1) is 18.1. The van der Waals surface area contributed by atoms with Crippen molar-refractivity contribution < 1.29 is 4.79 Å². The number of aryl methyl sites for hydroxylation is 2. The van der Waals surface area contributed by atoms with Crippen molar-refractivity contribution in [2.24, 2.45) is 0 Å². The molecule has 0 aliphatic carbocycles. The molecule has 1 N–H and O–H groups in total.